The van der Waals surface area contributed by atoms with Crippen molar-refractivity contribution < 1.29 is 4.74 Å². The second-order valence-corrected chi connectivity index (χ2v) is 4.57. The summed E-state index contributed by atoms with van der Waals surface area (Å²) in [5, 5.41) is 0. The summed E-state index contributed by atoms with van der Waals surface area (Å²) in [6.45, 7) is 3.04. The Kier molecular flexibility index (Phi) is 3.83. The third kappa shape index (κ3) is 2.56. The Labute approximate surface area is 97.8 Å². The van der Waals surface area contributed by atoms with Crippen LogP contribution in [0.4, 0.5) is 0 Å². The van der Waals surface area contributed by atoms with E-state index in [2.05, 4.69) is 25.1 Å². The number of rotatable bonds is 5. The molecule has 0 fully saturated rings. The number of hydrogen-bond acceptors (Lipinski definition) is 2. The molecule has 1 atom stereocenters. The van der Waals surface area contributed by atoms with E-state index in [1.54, 1.807) is 0 Å². The van der Waals surface area contributed by atoms with Gasteiger partial charge in [0, 0.05) is 12.5 Å². The lowest BCUT2D eigenvalue weighted by Gasteiger charge is -2.12. The van der Waals surface area contributed by atoms with E-state index in [0.29, 0.717) is 0 Å². The summed E-state index contributed by atoms with van der Waals surface area (Å²) in [6.07, 6.45) is 5.89. The molecule has 0 saturated carbocycles. The van der Waals surface area contributed by atoms with E-state index in [1.165, 1.54) is 30.4 Å². The fourth-order valence-corrected chi connectivity index (χ4v) is 2.22. The lowest BCUT2D eigenvalue weighted by Crippen LogP contribution is -2.10. The molecular formula is C14H21NO. The van der Waals surface area contributed by atoms with Crippen LogP contribution in [0.5, 0.6) is 5.75 Å². The average Bonchev–Trinajstić information content (AvgIpc) is 2.76. The van der Waals surface area contributed by atoms with Crippen LogP contribution in [0.2, 0.25) is 0 Å². The van der Waals surface area contributed by atoms with Gasteiger partial charge in [0.15, 0.2) is 0 Å². The number of nitrogens with two attached hydrogens (primary N) is 1. The zero-order valence-electron chi connectivity index (χ0n) is 10.0. The SMILES string of the molecule is CCCCC[C@H](N)c1ccc2c(c1)CCO2. The molecule has 1 aliphatic rings. The van der Waals surface area contributed by atoms with Crippen LogP contribution in [0.3, 0.4) is 0 Å². The Balaban J connectivity index is 1.98. The molecule has 0 spiro atoms. The summed E-state index contributed by atoms with van der Waals surface area (Å²) < 4.78 is 5.49. The quantitative estimate of drug-likeness (QED) is 0.772. The zero-order chi connectivity index (χ0) is 11.4. The van der Waals surface area contributed by atoms with Crippen molar-refractivity contribution in [3.63, 3.8) is 0 Å². The minimum absolute atomic E-state index is 0.192. The molecule has 16 heavy (non-hydrogen) atoms. The molecule has 0 unspecified atom stereocenters. The van der Waals surface area contributed by atoms with Crippen LogP contribution in [-0.4, -0.2) is 6.61 Å². The summed E-state index contributed by atoms with van der Waals surface area (Å²) in [4.78, 5) is 0. The Morgan fingerprint density at radius 1 is 1.38 bits per heavy atom. The van der Waals surface area contributed by atoms with Gasteiger partial charge in [-0.2, -0.15) is 0 Å². The fraction of sp³-hybridized carbons (Fsp3) is 0.571. The summed E-state index contributed by atoms with van der Waals surface area (Å²) in [7, 11) is 0. The standard InChI is InChI=1S/C14H21NO/c1-2-3-4-5-13(15)11-6-7-14-12(10-11)8-9-16-14/h6-7,10,13H,2-5,8-9,15H2,1H3/t13-/m0/s1. The van der Waals surface area contributed by atoms with Crippen molar-refractivity contribution in [1.82, 2.24) is 0 Å². The van der Waals surface area contributed by atoms with Crippen molar-refractivity contribution in [3.8, 4) is 5.75 Å². The van der Waals surface area contributed by atoms with Crippen LogP contribution < -0.4 is 10.5 Å². The number of benzene rings is 1. The van der Waals surface area contributed by atoms with Crippen LogP contribution in [-0.2, 0) is 6.42 Å². The Hall–Kier alpha value is -1.02. The van der Waals surface area contributed by atoms with E-state index in [4.69, 9.17) is 10.5 Å². The molecule has 1 aliphatic heterocycles. The van der Waals surface area contributed by atoms with Gasteiger partial charge < -0.3 is 10.5 Å². The molecule has 2 heteroatoms. The average molecular weight is 219 g/mol. The molecule has 0 aliphatic carbocycles. The van der Waals surface area contributed by atoms with Gasteiger partial charge in [-0.15, -0.1) is 0 Å². The maximum Gasteiger partial charge on any atom is 0.122 e. The molecule has 1 aromatic rings. The highest BCUT2D eigenvalue weighted by molar-refractivity contribution is 5.40. The minimum Gasteiger partial charge on any atom is -0.493 e. The summed E-state index contributed by atoms with van der Waals surface area (Å²) in [6, 6.07) is 6.59. The Morgan fingerprint density at radius 2 is 2.25 bits per heavy atom. The first-order chi connectivity index (χ1) is 7.81. The van der Waals surface area contributed by atoms with Crippen LogP contribution >= 0.6 is 0 Å². The highest BCUT2D eigenvalue weighted by atomic mass is 16.5. The molecule has 0 saturated heterocycles. The monoisotopic (exact) mass is 219 g/mol. The third-order valence-corrected chi connectivity index (χ3v) is 3.26. The molecule has 1 heterocycles. The highest BCUT2D eigenvalue weighted by Crippen LogP contribution is 2.28. The minimum atomic E-state index is 0.192. The van der Waals surface area contributed by atoms with E-state index in [9.17, 15) is 0 Å². The van der Waals surface area contributed by atoms with Crippen molar-refractivity contribution in [2.45, 2.75) is 45.1 Å². The van der Waals surface area contributed by atoms with E-state index in [-0.39, 0.29) is 6.04 Å². The largest absolute Gasteiger partial charge is 0.493 e. The van der Waals surface area contributed by atoms with Gasteiger partial charge in [0.05, 0.1) is 6.61 Å². The Morgan fingerprint density at radius 3 is 3.06 bits per heavy atom. The maximum atomic E-state index is 6.19. The number of fused-ring (bicyclic) bond motifs is 1. The van der Waals surface area contributed by atoms with Crippen molar-refractivity contribution in [3.05, 3.63) is 29.3 Å². The first-order valence-electron chi connectivity index (χ1n) is 6.32. The Bertz CT molecular complexity index is 349. The first kappa shape index (κ1) is 11.5. The molecule has 0 aromatic heterocycles. The molecular weight excluding hydrogens is 198 g/mol. The van der Waals surface area contributed by atoms with Gasteiger partial charge in [-0.25, -0.2) is 0 Å². The molecule has 0 radical (unpaired) electrons. The molecule has 2 nitrogen and oxygen atoms in total. The second-order valence-electron chi connectivity index (χ2n) is 4.57. The number of unbranched alkanes of at least 4 members (excludes halogenated alkanes) is 2. The van der Waals surface area contributed by atoms with Crippen LogP contribution in [0, 0.1) is 0 Å². The van der Waals surface area contributed by atoms with E-state index >= 15 is 0 Å². The molecule has 2 N–H and O–H groups in total. The summed E-state index contributed by atoms with van der Waals surface area (Å²) in [5.74, 6) is 1.05. The van der Waals surface area contributed by atoms with Gasteiger partial charge >= 0.3 is 0 Å². The first-order valence-corrected chi connectivity index (χ1v) is 6.32. The van der Waals surface area contributed by atoms with E-state index < -0.39 is 0 Å². The highest BCUT2D eigenvalue weighted by Gasteiger charge is 2.14. The number of ether oxygens (including phenoxy) is 1. The van der Waals surface area contributed by atoms with Crippen molar-refractivity contribution in [2.75, 3.05) is 6.61 Å². The van der Waals surface area contributed by atoms with Crippen molar-refractivity contribution in [1.29, 1.82) is 0 Å². The molecule has 0 bridgehead atoms. The summed E-state index contributed by atoms with van der Waals surface area (Å²) in [5.41, 5.74) is 8.78. The van der Waals surface area contributed by atoms with Crippen molar-refractivity contribution >= 4 is 0 Å². The zero-order valence-corrected chi connectivity index (χ0v) is 10.0. The summed E-state index contributed by atoms with van der Waals surface area (Å²) >= 11 is 0. The molecule has 88 valence electrons. The van der Waals surface area contributed by atoms with Gasteiger partial charge in [0.25, 0.3) is 0 Å². The van der Waals surface area contributed by atoms with Gasteiger partial charge in [-0.3, -0.25) is 0 Å². The van der Waals surface area contributed by atoms with Gasteiger partial charge in [-0.1, -0.05) is 38.3 Å². The molecule has 1 aromatic carbocycles. The number of hydrogen-bond donors (Lipinski definition) is 1. The maximum absolute atomic E-state index is 6.19. The molecule has 0 amide bonds. The van der Waals surface area contributed by atoms with Gasteiger partial charge in [0.1, 0.15) is 5.75 Å². The topological polar surface area (TPSA) is 35.2 Å². The lowest BCUT2D eigenvalue weighted by atomic mass is 9.99. The van der Waals surface area contributed by atoms with Gasteiger partial charge in [0.2, 0.25) is 0 Å². The second kappa shape index (κ2) is 5.35. The fourth-order valence-electron chi connectivity index (χ4n) is 2.22. The smallest absolute Gasteiger partial charge is 0.122 e. The van der Waals surface area contributed by atoms with E-state index in [1.807, 2.05) is 0 Å². The van der Waals surface area contributed by atoms with Crippen LogP contribution in [0.15, 0.2) is 18.2 Å². The molecule has 2 rings (SSSR count). The van der Waals surface area contributed by atoms with Crippen LogP contribution in [0.1, 0.15) is 49.8 Å². The lowest BCUT2D eigenvalue weighted by molar-refractivity contribution is 0.357. The van der Waals surface area contributed by atoms with Gasteiger partial charge in [-0.05, 0) is 23.6 Å². The van der Waals surface area contributed by atoms with E-state index in [0.717, 1.165) is 25.2 Å². The predicted molar refractivity (Wildman–Crippen MR) is 66.7 cm³/mol. The van der Waals surface area contributed by atoms with Crippen molar-refractivity contribution in [2.24, 2.45) is 5.73 Å². The third-order valence-electron chi connectivity index (χ3n) is 3.26. The van der Waals surface area contributed by atoms with Crippen LogP contribution in [0.25, 0.3) is 0 Å². The normalized spacial score (nSPS) is 15.6. The predicted octanol–water partition coefficient (Wildman–Crippen LogP) is 3.20.